The molecule has 0 aliphatic rings. The summed E-state index contributed by atoms with van der Waals surface area (Å²) >= 11 is 0. The number of ether oxygens (including phenoxy) is 1. The molecule has 2 heterocycles. The zero-order valence-corrected chi connectivity index (χ0v) is 11.8. The minimum Gasteiger partial charge on any atom is -0.444 e. The maximum atomic E-state index is 11.4. The smallest absolute Gasteiger partial charge is 0.407 e. The third kappa shape index (κ3) is 3.81. The topological polar surface area (TPSA) is 68.5 Å². The van der Waals surface area contributed by atoms with Gasteiger partial charge in [0.25, 0.3) is 0 Å². The Balaban J connectivity index is 1.89. The second kappa shape index (κ2) is 5.73. The second-order valence-electron chi connectivity index (χ2n) is 5.27. The summed E-state index contributed by atoms with van der Waals surface area (Å²) in [7, 11) is 0. The first-order valence-corrected chi connectivity index (χ1v) is 6.37. The van der Waals surface area contributed by atoms with Crippen molar-refractivity contribution in [1.82, 2.24) is 19.9 Å². The van der Waals surface area contributed by atoms with Crippen molar-refractivity contribution >= 4 is 17.8 Å². The molecule has 6 nitrogen and oxygen atoms in total. The molecule has 0 saturated carbocycles. The lowest BCUT2D eigenvalue weighted by atomic mass is 10.2. The molecule has 0 unspecified atom stereocenters. The molecule has 0 aromatic carbocycles. The SMILES string of the molecule is CC(C)(C)OC(=O)NCC=Cc1cnn2cccnc12. The first kappa shape index (κ1) is 14.0. The Labute approximate surface area is 117 Å². The van der Waals surface area contributed by atoms with Crippen LogP contribution in [0.3, 0.4) is 0 Å². The molecule has 2 rings (SSSR count). The van der Waals surface area contributed by atoms with Crippen LogP contribution in [0, 0.1) is 0 Å². The van der Waals surface area contributed by atoms with Crippen molar-refractivity contribution in [2.45, 2.75) is 26.4 Å². The van der Waals surface area contributed by atoms with E-state index in [0.29, 0.717) is 6.54 Å². The van der Waals surface area contributed by atoms with E-state index in [9.17, 15) is 4.79 Å². The van der Waals surface area contributed by atoms with E-state index in [1.807, 2.05) is 45.2 Å². The summed E-state index contributed by atoms with van der Waals surface area (Å²) < 4.78 is 6.83. The van der Waals surface area contributed by atoms with Gasteiger partial charge in [0.15, 0.2) is 5.65 Å². The minimum atomic E-state index is -0.486. The number of fused-ring (bicyclic) bond motifs is 1. The Hall–Kier alpha value is -2.37. The van der Waals surface area contributed by atoms with Crippen molar-refractivity contribution in [3.05, 3.63) is 36.3 Å². The van der Waals surface area contributed by atoms with E-state index in [4.69, 9.17) is 4.74 Å². The standard InChI is InChI=1S/C14H18N4O2/c1-14(2,3)20-13(19)16-7-4-6-11-10-17-18-9-5-8-15-12(11)18/h4-6,8-10H,7H2,1-3H3,(H,16,19). The number of amides is 1. The van der Waals surface area contributed by atoms with Crippen molar-refractivity contribution in [1.29, 1.82) is 0 Å². The molecule has 106 valence electrons. The van der Waals surface area contributed by atoms with E-state index in [1.165, 1.54) is 0 Å². The highest BCUT2D eigenvalue weighted by Crippen LogP contribution is 2.08. The molecule has 1 N–H and O–H groups in total. The molecule has 2 aromatic rings. The second-order valence-corrected chi connectivity index (χ2v) is 5.27. The van der Waals surface area contributed by atoms with Crippen LogP contribution in [-0.2, 0) is 4.74 Å². The fraction of sp³-hybridized carbons (Fsp3) is 0.357. The summed E-state index contributed by atoms with van der Waals surface area (Å²) in [6.07, 6.45) is 8.54. The predicted octanol–water partition coefficient (Wildman–Crippen LogP) is 2.27. The number of hydrogen-bond donors (Lipinski definition) is 1. The highest BCUT2D eigenvalue weighted by molar-refractivity contribution is 5.69. The third-order valence-electron chi connectivity index (χ3n) is 2.37. The van der Waals surface area contributed by atoms with Crippen LogP contribution >= 0.6 is 0 Å². The van der Waals surface area contributed by atoms with Crippen LogP contribution in [-0.4, -0.2) is 32.8 Å². The molecule has 0 radical (unpaired) electrons. The van der Waals surface area contributed by atoms with Gasteiger partial charge in [0.1, 0.15) is 5.60 Å². The summed E-state index contributed by atoms with van der Waals surface area (Å²) in [5.41, 5.74) is 1.19. The van der Waals surface area contributed by atoms with Crippen LogP contribution in [0.5, 0.6) is 0 Å². The molecule has 0 aliphatic carbocycles. The van der Waals surface area contributed by atoms with Crippen molar-refractivity contribution in [3.63, 3.8) is 0 Å². The molecule has 0 bridgehead atoms. The van der Waals surface area contributed by atoms with Gasteiger partial charge in [-0.3, -0.25) is 0 Å². The number of alkyl carbamates (subject to hydrolysis) is 1. The summed E-state index contributed by atoms with van der Waals surface area (Å²) in [6, 6.07) is 1.82. The predicted molar refractivity (Wildman–Crippen MR) is 76.3 cm³/mol. The van der Waals surface area contributed by atoms with Crippen LogP contribution in [0.15, 0.2) is 30.7 Å². The Morgan fingerprint density at radius 3 is 3.05 bits per heavy atom. The van der Waals surface area contributed by atoms with Gasteiger partial charge in [-0.25, -0.2) is 14.3 Å². The first-order chi connectivity index (χ1) is 9.46. The van der Waals surface area contributed by atoms with Crippen LogP contribution in [0.25, 0.3) is 11.7 Å². The summed E-state index contributed by atoms with van der Waals surface area (Å²) in [5, 5.41) is 6.83. The third-order valence-corrected chi connectivity index (χ3v) is 2.37. The molecule has 20 heavy (non-hydrogen) atoms. The molecule has 6 heteroatoms. The molecule has 0 spiro atoms. The number of rotatable bonds is 3. The fourth-order valence-corrected chi connectivity index (χ4v) is 1.61. The Kier molecular flexibility index (Phi) is 4.02. The van der Waals surface area contributed by atoms with Crippen molar-refractivity contribution in [3.8, 4) is 0 Å². The number of nitrogens with one attached hydrogen (secondary N) is 1. The van der Waals surface area contributed by atoms with Gasteiger partial charge in [0.2, 0.25) is 0 Å². The molecule has 0 atom stereocenters. The highest BCUT2D eigenvalue weighted by atomic mass is 16.6. The van der Waals surface area contributed by atoms with E-state index >= 15 is 0 Å². The largest absolute Gasteiger partial charge is 0.444 e. The van der Waals surface area contributed by atoms with Crippen LogP contribution in [0.2, 0.25) is 0 Å². The number of hydrogen-bond acceptors (Lipinski definition) is 4. The van der Waals surface area contributed by atoms with Gasteiger partial charge >= 0.3 is 6.09 Å². The monoisotopic (exact) mass is 274 g/mol. The van der Waals surface area contributed by atoms with Crippen LogP contribution in [0.4, 0.5) is 4.79 Å². The van der Waals surface area contributed by atoms with Gasteiger partial charge in [0, 0.05) is 24.5 Å². The van der Waals surface area contributed by atoms with Crippen molar-refractivity contribution in [2.75, 3.05) is 6.54 Å². The molecule has 1 amide bonds. The van der Waals surface area contributed by atoms with Gasteiger partial charge < -0.3 is 10.1 Å². The van der Waals surface area contributed by atoms with E-state index < -0.39 is 11.7 Å². The maximum Gasteiger partial charge on any atom is 0.407 e. The Morgan fingerprint density at radius 2 is 2.30 bits per heavy atom. The van der Waals surface area contributed by atoms with Crippen LogP contribution < -0.4 is 5.32 Å². The molecule has 0 saturated heterocycles. The zero-order chi connectivity index (χ0) is 14.6. The molecule has 0 fully saturated rings. The number of aromatic nitrogens is 3. The van der Waals surface area contributed by atoms with Crippen molar-refractivity contribution < 1.29 is 9.53 Å². The van der Waals surface area contributed by atoms with Gasteiger partial charge in [-0.2, -0.15) is 5.10 Å². The van der Waals surface area contributed by atoms with Crippen LogP contribution in [0.1, 0.15) is 26.3 Å². The highest BCUT2D eigenvalue weighted by Gasteiger charge is 2.14. The number of carbonyl (C=O) groups is 1. The van der Waals surface area contributed by atoms with Gasteiger partial charge in [-0.15, -0.1) is 0 Å². The summed E-state index contributed by atoms with van der Waals surface area (Å²) in [4.78, 5) is 15.7. The van der Waals surface area contributed by atoms with E-state index in [0.717, 1.165) is 11.2 Å². The minimum absolute atomic E-state index is 0.388. The molecule has 2 aromatic heterocycles. The van der Waals surface area contributed by atoms with E-state index in [1.54, 1.807) is 16.9 Å². The zero-order valence-electron chi connectivity index (χ0n) is 11.8. The molecular weight excluding hydrogens is 256 g/mol. The number of nitrogens with zero attached hydrogens (tertiary/aromatic N) is 3. The lowest BCUT2D eigenvalue weighted by Gasteiger charge is -2.19. The van der Waals surface area contributed by atoms with Gasteiger partial charge in [-0.05, 0) is 26.8 Å². The normalized spacial score (nSPS) is 11.9. The fourth-order valence-electron chi connectivity index (χ4n) is 1.61. The maximum absolute atomic E-state index is 11.4. The Morgan fingerprint density at radius 1 is 1.50 bits per heavy atom. The lowest BCUT2D eigenvalue weighted by Crippen LogP contribution is -2.32. The lowest BCUT2D eigenvalue weighted by molar-refractivity contribution is 0.0534. The van der Waals surface area contributed by atoms with Gasteiger partial charge in [0.05, 0.1) is 6.20 Å². The average molecular weight is 274 g/mol. The van der Waals surface area contributed by atoms with Gasteiger partial charge in [-0.1, -0.05) is 12.2 Å². The summed E-state index contributed by atoms with van der Waals surface area (Å²) in [6.45, 7) is 5.87. The van der Waals surface area contributed by atoms with E-state index in [2.05, 4.69) is 15.4 Å². The van der Waals surface area contributed by atoms with Crippen molar-refractivity contribution in [2.24, 2.45) is 0 Å². The average Bonchev–Trinajstić information content (AvgIpc) is 2.76. The van der Waals surface area contributed by atoms with E-state index in [-0.39, 0.29) is 0 Å². The number of carbonyl (C=O) groups excluding carboxylic acids is 1. The Bertz CT molecular complexity index is 625. The summed E-state index contributed by atoms with van der Waals surface area (Å²) in [5.74, 6) is 0. The first-order valence-electron chi connectivity index (χ1n) is 6.37. The molecular formula is C14H18N4O2. The molecule has 0 aliphatic heterocycles. The quantitative estimate of drug-likeness (QED) is 0.932.